The van der Waals surface area contributed by atoms with Crippen molar-refractivity contribution in [2.45, 2.75) is 25.8 Å². The molecule has 170 valence electrons. The maximum Gasteiger partial charge on any atom is 0.253 e. The van der Waals surface area contributed by atoms with Gasteiger partial charge in [-0.15, -0.1) is 0 Å². The third-order valence-electron chi connectivity index (χ3n) is 6.89. The van der Waals surface area contributed by atoms with Crippen LogP contribution in [-0.2, 0) is 0 Å². The molecule has 3 aromatic carbocycles. The third-order valence-corrected chi connectivity index (χ3v) is 7.63. The maximum absolute atomic E-state index is 13.3. The number of fused-ring (bicyclic) bond motifs is 3. The number of aryl methyl sites for hydroxylation is 1. The quantitative estimate of drug-likeness (QED) is 0.352. The Labute approximate surface area is 204 Å². The molecule has 2 heterocycles. The second-order valence-electron chi connectivity index (χ2n) is 9.22. The molecule has 4 nitrogen and oxygen atoms in total. The Morgan fingerprint density at radius 1 is 0.939 bits per heavy atom. The Kier molecular flexibility index (Phi) is 5.86. The molecule has 5 rings (SSSR count). The first-order valence-corrected chi connectivity index (χ1v) is 12.0. The van der Waals surface area contributed by atoms with Gasteiger partial charge in [-0.25, -0.2) is 0 Å². The summed E-state index contributed by atoms with van der Waals surface area (Å²) in [5.74, 6) is 0.112. The number of aromatic nitrogens is 1. The highest BCUT2D eigenvalue weighted by Crippen LogP contribution is 2.35. The zero-order chi connectivity index (χ0) is 23.3. The van der Waals surface area contributed by atoms with E-state index in [1.54, 1.807) is 0 Å². The van der Waals surface area contributed by atoms with Crippen LogP contribution < -0.4 is 0 Å². The van der Waals surface area contributed by atoms with Crippen molar-refractivity contribution in [1.82, 2.24) is 14.8 Å². The van der Waals surface area contributed by atoms with Gasteiger partial charge in [0.05, 0.1) is 10.0 Å². The van der Waals surface area contributed by atoms with Crippen LogP contribution in [-0.4, -0.2) is 53.9 Å². The van der Waals surface area contributed by atoms with Gasteiger partial charge in [-0.3, -0.25) is 4.79 Å². The van der Waals surface area contributed by atoms with Crippen LogP contribution in [0.1, 0.15) is 28.8 Å². The van der Waals surface area contributed by atoms with Gasteiger partial charge in [0.1, 0.15) is 0 Å². The lowest BCUT2D eigenvalue weighted by Crippen LogP contribution is -2.44. The minimum absolute atomic E-state index is 0.112. The average Bonchev–Trinajstić information content (AvgIpc) is 3.19. The predicted octanol–water partition coefficient (Wildman–Crippen LogP) is 6.77. The summed E-state index contributed by atoms with van der Waals surface area (Å²) < 4.78 is 0. The van der Waals surface area contributed by atoms with Gasteiger partial charge < -0.3 is 14.8 Å². The van der Waals surface area contributed by atoms with Gasteiger partial charge in [0.2, 0.25) is 0 Å². The number of benzene rings is 3. The number of hydrogen-bond acceptors (Lipinski definition) is 2. The molecule has 0 bridgehead atoms. The number of nitrogens with one attached hydrogen (secondary N) is 1. The van der Waals surface area contributed by atoms with Gasteiger partial charge in [0.25, 0.3) is 5.91 Å². The highest BCUT2D eigenvalue weighted by Gasteiger charge is 2.25. The molecule has 0 saturated carbocycles. The molecular formula is C27H27Cl2N3O. The summed E-state index contributed by atoms with van der Waals surface area (Å²) in [5.41, 5.74) is 6.09. The van der Waals surface area contributed by atoms with Crippen molar-refractivity contribution in [2.75, 3.05) is 27.2 Å². The van der Waals surface area contributed by atoms with Crippen molar-refractivity contribution < 1.29 is 4.79 Å². The SMILES string of the molecule is Cc1cc(-c2ccc(Cl)c(Cl)c2)cc2c1[nH]c1ccc(C(=O)N3CCC(N(C)C)CC3)cc12. The summed E-state index contributed by atoms with van der Waals surface area (Å²) in [6.45, 7) is 3.70. The van der Waals surface area contributed by atoms with Crippen molar-refractivity contribution >= 4 is 50.9 Å². The fourth-order valence-electron chi connectivity index (χ4n) is 4.92. The standard InChI is InChI=1S/C27H27Cl2N3O/c1-16-12-19(17-4-6-23(28)24(29)15-17)14-22-21-13-18(5-7-25(21)30-26(16)22)27(33)32-10-8-20(9-11-32)31(2)3/h4-7,12-15,20,30H,8-11H2,1-3H3. The van der Waals surface area contributed by atoms with E-state index in [1.165, 1.54) is 0 Å². The summed E-state index contributed by atoms with van der Waals surface area (Å²) in [7, 11) is 4.22. The van der Waals surface area contributed by atoms with Crippen LogP contribution in [0, 0.1) is 6.92 Å². The predicted molar refractivity (Wildman–Crippen MR) is 139 cm³/mol. The zero-order valence-corrected chi connectivity index (χ0v) is 20.6. The smallest absolute Gasteiger partial charge is 0.253 e. The van der Waals surface area contributed by atoms with Crippen LogP contribution in [0.2, 0.25) is 10.0 Å². The van der Waals surface area contributed by atoms with E-state index >= 15 is 0 Å². The van der Waals surface area contributed by atoms with Crippen molar-refractivity contribution in [2.24, 2.45) is 0 Å². The number of rotatable bonds is 3. The molecule has 1 saturated heterocycles. The van der Waals surface area contributed by atoms with Crippen molar-refractivity contribution in [3.8, 4) is 11.1 Å². The molecule has 1 amide bonds. The normalized spacial score (nSPS) is 15.2. The van der Waals surface area contributed by atoms with Gasteiger partial charge in [0.15, 0.2) is 0 Å². The number of carbonyl (C=O) groups excluding carboxylic acids is 1. The van der Waals surface area contributed by atoms with E-state index in [0.29, 0.717) is 16.1 Å². The lowest BCUT2D eigenvalue weighted by atomic mass is 9.99. The molecule has 0 atom stereocenters. The minimum Gasteiger partial charge on any atom is -0.354 e. The van der Waals surface area contributed by atoms with E-state index < -0.39 is 0 Å². The number of H-pyrrole nitrogens is 1. The first-order chi connectivity index (χ1) is 15.8. The summed E-state index contributed by atoms with van der Waals surface area (Å²) in [5, 5.41) is 3.25. The maximum atomic E-state index is 13.3. The van der Waals surface area contributed by atoms with Crippen molar-refractivity contribution in [3.05, 3.63) is 69.7 Å². The van der Waals surface area contributed by atoms with Crippen LogP contribution in [0.3, 0.4) is 0 Å². The fraction of sp³-hybridized carbons (Fsp3) is 0.296. The second-order valence-corrected chi connectivity index (χ2v) is 10.0. The molecule has 1 fully saturated rings. The molecule has 1 aromatic heterocycles. The van der Waals surface area contributed by atoms with E-state index in [9.17, 15) is 4.79 Å². The molecule has 0 spiro atoms. The average molecular weight is 480 g/mol. The largest absolute Gasteiger partial charge is 0.354 e. The Balaban J connectivity index is 1.53. The summed E-state index contributed by atoms with van der Waals surface area (Å²) in [6, 6.07) is 16.6. The van der Waals surface area contributed by atoms with Gasteiger partial charge in [-0.1, -0.05) is 29.3 Å². The molecule has 0 unspecified atom stereocenters. The first kappa shape index (κ1) is 22.3. The van der Waals surface area contributed by atoms with Crippen LogP contribution in [0.15, 0.2) is 48.5 Å². The van der Waals surface area contributed by atoms with E-state index in [2.05, 4.69) is 43.0 Å². The number of halogens is 2. The minimum atomic E-state index is 0.112. The van der Waals surface area contributed by atoms with E-state index in [1.807, 2.05) is 41.3 Å². The number of hydrogen-bond donors (Lipinski definition) is 1. The first-order valence-electron chi connectivity index (χ1n) is 11.3. The van der Waals surface area contributed by atoms with E-state index in [0.717, 1.165) is 70.0 Å². The molecule has 4 aromatic rings. The summed E-state index contributed by atoms with van der Waals surface area (Å²) in [4.78, 5) is 21.1. The summed E-state index contributed by atoms with van der Waals surface area (Å²) in [6.07, 6.45) is 2.03. The number of amides is 1. The molecule has 1 aliphatic rings. The Morgan fingerprint density at radius 3 is 2.39 bits per heavy atom. The molecule has 1 N–H and O–H groups in total. The second kappa shape index (κ2) is 8.68. The highest BCUT2D eigenvalue weighted by molar-refractivity contribution is 6.42. The number of carbonyl (C=O) groups is 1. The number of likely N-dealkylation sites (tertiary alicyclic amines) is 1. The van der Waals surface area contributed by atoms with Gasteiger partial charge >= 0.3 is 0 Å². The van der Waals surface area contributed by atoms with Crippen LogP contribution >= 0.6 is 23.2 Å². The monoisotopic (exact) mass is 479 g/mol. The summed E-state index contributed by atoms with van der Waals surface area (Å²) >= 11 is 12.4. The van der Waals surface area contributed by atoms with E-state index in [4.69, 9.17) is 23.2 Å². The van der Waals surface area contributed by atoms with Crippen LogP contribution in [0.5, 0.6) is 0 Å². The number of nitrogens with zero attached hydrogens (tertiary/aromatic N) is 2. The lowest BCUT2D eigenvalue weighted by molar-refractivity contribution is 0.0663. The van der Waals surface area contributed by atoms with Gasteiger partial charge in [-0.2, -0.15) is 0 Å². The van der Waals surface area contributed by atoms with Crippen molar-refractivity contribution in [1.29, 1.82) is 0 Å². The third kappa shape index (κ3) is 4.12. The number of aromatic amines is 1. The number of piperidine rings is 1. The van der Waals surface area contributed by atoms with E-state index in [-0.39, 0.29) is 5.91 Å². The Bertz CT molecular complexity index is 1370. The van der Waals surface area contributed by atoms with Gasteiger partial charge in [-0.05, 0) is 93.0 Å². The molecular weight excluding hydrogens is 453 g/mol. The molecule has 1 aliphatic heterocycles. The fourth-order valence-corrected chi connectivity index (χ4v) is 5.22. The molecule has 6 heteroatoms. The van der Waals surface area contributed by atoms with Crippen LogP contribution in [0.4, 0.5) is 0 Å². The highest BCUT2D eigenvalue weighted by atomic mass is 35.5. The lowest BCUT2D eigenvalue weighted by Gasteiger charge is -2.35. The Morgan fingerprint density at radius 2 is 1.70 bits per heavy atom. The van der Waals surface area contributed by atoms with Crippen LogP contribution in [0.25, 0.3) is 32.9 Å². The van der Waals surface area contributed by atoms with Crippen molar-refractivity contribution in [3.63, 3.8) is 0 Å². The molecule has 33 heavy (non-hydrogen) atoms. The van der Waals surface area contributed by atoms with Gasteiger partial charge in [0, 0.05) is 46.5 Å². The molecule has 0 aliphatic carbocycles. The Hall–Kier alpha value is -2.53. The topological polar surface area (TPSA) is 39.3 Å². The zero-order valence-electron chi connectivity index (χ0n) is 19.1. The molecule has 0 radical (unpaired) electrons.